The van der Waals surface area contributed by atoms with Crippen molar-refractivity contribution in [2.45, 2.75) is 51.2 Å². The predicted molar refractivity (Wildman–Crippen MR) is 74.0 cm³/mol. The Morgan fingerprint density at radius 1 is 1.50 bits per heavy atom. The number of aryl methyl sites for hydroxylation is 1. The zero-order chi connectivity index (χ0) is 13.0. The average molecular weight is 269 g/mol. The molecular formula is C15H21ClO2. The fourth-order valence-electron chi connectivity index (χ4n) is 2.54. The van der Waals surface area contributed by atoms with E-state index in [0.717, 1.165) is 37.0 Å². The second-order valence-electron chi connectivity index (χ2n) is 5.08. The van der Waals surface area contributed by atoms with E-state index in [1.165, 1.54) is 12.8 Å². The van der Waals surface area contributed by atoms with Gasteiger partial charge in [-0.2, -0.15) is 0 Å². The number of benzene rings is 1. The van der Waals surface area contributed by atoms with Crippen LogP contribution in [0.2, 0.25) is 5.02 Å². The zero-order valence-corrected chi connectivity index (χ0v) is 11.6. The summed E-state index contributed by atoms with van der Waals surface area (Å²) in [5.74, 6) is 0. The Bertz CT molecular complexity index is 386. The molecule has 18 heavy (non-hydrogen) atoms. The van der Waals surface area contributed by atoms with E-state index in [9.17, 15) is 5.11 Å². The Kier molecular flexibility index (Phi) is 5.04. The van der Waals surface area contributed by atoms with Gasteiger partial charge in [-0.05, 0) is 62.3 Å². The molecule has 1 saturated heterocycles. The third-order valence-electron chi connectivity index (χ3n) is 3.63. The van der Waals surface area contributed by atoms with Gasteiger partial charge in [-0.1, -0.05) is 17.7 Å². The summed E-state index contributed by atoms with van der Waals surface area (Å²) in [5, 5.41) is 10.9. The number of halogens is 1. The maximum absolute atomic E-state index is 10.2. The summed E-state index contributed by atoms with van der Waals surface area (Å²) in [7, 11) is 0. The third-order valence-corrected chi connectivity index (χ3v) is 3.86. The van der Waals surface area contributed by atoms with Gasteiger partial charge in [0.2, 0.25) is 0 Å². The van der Waals surface area contributed by atoms with Crippen LogP contribution in [0.3, 0.4) is 0 Å². The van der Waals surface area contributed by atoms with Crippen LogP contribution in [-0.4, -0.2) is 17.8 Å². The van der Waals surface area contributed by atoms with Crippen LogP contribution < -0.4 is 0 Å². The molecule has 0 saturated carbocycles. The molecule has 2 atom stereocenters. The maximum Gasteiger partial charge on any atom is 0.0793 e. The number of rotatable bonds is 5. The minimum Gasteiger partial charge on any atom is -0.388 e. The molecule has 0 spiro atoms. The van der Waals surface area contributed by atoms with Gasteiger partial charge in [0.05, 0.1) is 12.2 Å². The first-order valence-corrected chi connectivity index (χ1v) is 7.10. The van der Waals surface area contributed by atoms with Crippen molar-refractivity contribution in [1.82, 2.24) is 0 Å². The number of hydrogen-bond acceptors (Lipinski definition) is 2. The molecule has 1 aliphatic rings. The number of aliphatic hydroxyl groups is 1. The van der Waals surface area contributed by atoms with E-state index in [2.05, 4.69) is 0 Å². The zero-order valence-electron chi connectivity index (χ0n) is 10.9. The van der Waals surface area contributed by atoms with Gasteiger partial charge in [0, 0.05) is 11.6 Å². The van der Waals surface area contributed by atoms with Gasteiger partial charge in [0.25, 0.3) is 0 Å². The normalized spacial score (nSPS) is 21.2. The van der Waals surface area contributed by atoms with Crippen molar-refractivity contribution in [2.75, 3.05) is 6.61 Å². The van der Waals surface area contributed by atoms with Crippen molar-refractivity contribution in [3.05, 3.63) is 34.3 Å². The molecule has 1 aromatic carbocycles. The van der Waals surface area contributed by atoms with Crippen LogP contribution in [0.5, 0.6) is 0 Å². The van der Waals surface area contributed by atoms with Crippen LogP contribution in [0, 0.1) is 6.92 Å². The van der Waals surface area contributed by atoms with Crippen molar-refractivity contribution in [2.24, 2.45) is 0 Å². The second kappa shape index (κ2) is 6.55. The van der Waals surface area contributed by atoms with E-state index in [-0.39, 0.29) is 0 Å². The molecule has 0 bridgehead atoms. The maximum atomic E-state index is 10.2. The Labute approximate surface area is 114 Å². The Balaban J connectivity index is 1.83. The smallest absolute Gasteiger partial charge is 0.0793 e. The Hall–Kier alpha value is -0.570. The monoisotopic (exact) mass is 268 g/mol. The number of ether oxygens (including phenoxy) is 1. The van der Waals surface area contributed by atoms with Gasteiger partial charge < -0.3 is 9.84 Å². The summed E-state index contributed by atoms with van der Waals surface area (Å²) in [5.41, 5.74) is 2.05. The van der Waals surface area contributed by atoms with E-state index in [0.29, 0.717) is 11.1 Å². The Morgan fingerprint density at radius 2 is 2.33 bits per heavy atom. The second-order valence-corrected chi connectivity index (χ2v) is 5.52. The topological polar surface area (TPSA) is 29.5 Å². The lowest BCUT2D eigenvalue weighted by Gasteiger charge is -2.15. The SMILES string of the molecule is Cc1ccc(Cl)cc1C(O)CCCC1CCCO1. The van der Waals surface area contributed by atoms with Gasteiger partial charge in [-0.3, -0.25) is 0 Å². The molecule has 0 amide bonds. The molecule has 1 aliphatic heterocycles. The molecule has 1 aromatic rings. The average Bonchev–Trinajstić information content (AvgIpc) is 2.85. The molecule has 1 heterocycles. The molecule has 0 aliphatic carbocycles. The molecule has 2 unspecified atom stereocenters. The van der Waals surface area contributed by atoms with Crippen LogP contribution in [0.4, 0.5) is 0 Å². The molecule has 100 valence electrons. The molecule has 0 radical (unpaired) electrons. The first-order valence-electron chi connectivity index (χ1n) is 6.72. The number of aliphatic hydroxyl groups excluding tert-OH is 1. The molecule has 3 heteroatoms. The fraction of sp³-hybridized carbons (Fsp3) is 0.600. The van der Waals surface area contributed by atoms with Crippen LogP contribution >= 0.6 is 11.6 Å². The molecule has 0 aromatic heterocycles. The fourth-order valence-corrected chi connectivity index (χ4v) is 2.72. The molecular weight excluding hydrogens is 248 g/mol. The van der Waals surface area contributed by atoms with Crippen LogP contribution in [0.1, 0.15) is 49.3 Å². The highest BCUT2D eigenvalue weighted by atomic mass is 35.5. The van der Waals surface area contributed by atoms with Crippen molar-refractivity contribution in [1.29, 1.82) is 0 Å². The van der Waals surface area contributed by atoms with E-state index in [4.69, 9.17) is 16.3 Å². The van der Waals surface area contributed by atoms with Gasteiger partial charge >= 0.3 is 0 Å². The largest absolute Gasteiger partial charge is 0.388 e. The highest BCUT2D eigenvalue weighted by Crippen LogP contribution is 2.27. The van der Waals surface area contributed by atoms with Crippen molar-refractivity contribution >= 4 is 11.6 Å². The van der Waals surface area contributed by atoms with Gasteiger partial charge in [0.15, 0.2) is 0 Å². The van der Waals surface area contributed by atoms with Crippen LogP contribution in [-0.2, 0) is 4.74 Å². The van der Waals surface area contributed by atoms with Crippen molar-refractivity contribution < 1.29 is 9.84 Å². The third kappa shape index (κ3) is 3.71. The van der Waals surface area contributed by atoms with Crippen molar-refractivity contribution in [3.63, 3.8) is 0 Å². The summed E-state index contributed by atoms with van der Waals surface area (Å²) >= 11 is 5.97. The van der Waals surface area contributed by atoms with Gasteiger partial charge in [0.1, 0.15) is 0 Å². The lowest BCUT2D eigenvalue weighted by atomic mass is 9.98. The van der Waals surface area contributed by atoms with E-state index in [1.54, 1.807) is 0 Å². The van der Waals surface area contributed by atoms with Gasteiger partial charge in [-0.15, -0.1) is 0 Å². The summed E-state index contributed by atoms with van der Waals surface area (Å²) in [6, 6.07) is 5.69. The highest BCUT2D eigenvalue weighted by Gasteiger charge is 2.16. The van der Waals surface area contributed by atoms with Crippen LogP contribution in [0.25, 0.3) is 0 Å². The lowest BCUT2D eigenvalue weighted by molar-refractivity contribution is 0.0944. The molecule has 1 N–H and O–H groups in total. The van der Waals surface area contributed by atoms with E-state index in [1.807, 2.05) is 25.1 Å². The summed E-state index contributed by atoms with van der Waals surface area (Å²) in [6.07, 6.45) is 5.19. The molecule has 2 rings (SSSR count). The summed E-state index contributed by atoms with van der Waals surface area (Å²) < 4.78 is 5.58. The molecule has 1 fully saturated rings. The highest BCUT2D eigenvalue weighted by molar-refractivity contribution is 6.30. The van der Waals surface area contributed by atoms with E-state index >= 15 is 0 Å². The quantitative estimate of drug-likeness (QED) is 0.874. The minimum atomic E-state index is -0.412. The standard InChI is InChI=1S/C15H21ClO2/c1-11-7-8-12(16)10-14(11)15(17)6-2-4-13-5-3-9-18-13/h7-8,10,13,15,17H,2-6,9H2,1H3. The van der Waals surface area contributed by atoms with Crippen LogP contribution in [0.15, 0.2) is 18.2 Å². The summed E-state index contributed by atoms with van der Waals surface area (Å²) in [6.45, 7) is 2.91. The summed E-state index contributed by atoms with van der Waals surface area (Å²) in [4.78, 5) is 0. The first kappa shape index (κ1) is 13.9. The minimum absolute atomic E-state index is 0.412. The lowest BCUT2D eigenvalue weighted by Crippen LogP contribution is -2.06. The molecule has 2 nitrogen and oxygen atoms in total. The van der Waals surface area contributed by atoms with Gasteiger partial charge in [-0.25, -0.2) is 0 Å². The van der Waals surface area contributed by atoms with E-state index < -0.39 is 6.10 Å². The predicted octanol–water partition coefficient (Wildman–Crippen LogP) is 4.03. The number of hydrogen-bond donors (Lipinski definition) is 1. The van der Waals surface area contributed by atoms with Crippen molar-refractivity contribution in [3.8, 4) is 0 Å². The Morgan fingerprint density at radius 3 is 3.06 bits per heavy atom. The first-order chi connectivity index (χ1) is 8.66.